The van der Waals surface area contributed by atoms with E-state index in [9.17, 15) is 0 Å². The van der Waals surface area contributed by atoms with Crippen molar-refractivity contribution in [3.8, 4) is 5.75 Å². The number of hydrogen-bond acceptors (Lipinski definition) is 3. The second-order valence-corrected chi connectivity index (χ2v) is 7.18. The lowest BCUT2D eigenvalue weighted by Gasteiger charge is -2.35. The second kappa shape index (κ2) is 6.67. The zero-order chi connectivity index (χ0) is 13.8. The highest BCUT2D eigenvalue weighted by molar-refractivity contribution is 8.00. The van der Waals surface area contributed by atoms with Gasteiger partial charge < -0.3 is 10.1 Å². The number of rotatable bonds is 5. The average molecular weight is 279 g/mol. The molecule has 1 aromatic carbocycles. The molecular weight excluding hydrogens is 254 g/mol. The van der Waals surface area contributed by atoms with Crippen molar-refractivity contribution in [1.82, 2.24) is 5.32 Å². The van der Waals surface area contributed by atoms with Crippen molar-refractivity contribution in [2.45, 2.75) is 50.2 Å². The first-order valence-corrected chi connectivity index (χ1v) is 8.15. The summed E-state index contributed by atoms with van der Waals surface area (Å²) in [6, 6.07) is 7.02. The van der Waals surface area contributed by atoms with E-state index in [0.29, 0.717) is 16.5 Å². The first-order chi connectivity index (χ1) is 9.15. The molecule has 2 rings (SSSR count). The molecule has 0 spiro atoms. The van der Waals surface area contributed by atoms with E-state index in [0.717, 1.165) is 12.3 Å². The summed E-state index contributed by atoms with van der Waals surface area (Å²) in [5.74, 6) is 0.976. The Morgan fingerprint density at radius 3 is 2.84 bits per heavy atom. The molecule has 1 aliphatic rings. The average Bonchev–Trinajstić information content (AvgIpc) is 2.40. The van der Waals surface area contributed by atoms with E-state index in [1.807, 2.05) is 0 Å². The highest BCUT2D eigenvalue weighted by Crippen LogP contribution is 2.39. The van der Waals surface area contributed by atoms with Gasteiger partial charge in [-0.05, 0) is 47.9 Å². The second-order valence-electron chi connectivity index (χ2n) is 5.36. The van der Waals surface area contributed by atoms with Crippen molar-refractivity contribution in [3.05, 3.63) is 29.3 Å². The Kier molecular flexibility index (Phi) is 5.17. The molecule has 3 heteroatoms. The van der Waals surface area contributed by atoms with Crippen LogP contribution in [-0.2, 0) is 6.42 Å². The van der Waals surface area contributed by atoms with E-state index in [1.54, 1.807) is 7.11 Å². The van der Waals surface area contributed by atoms with Crippen molar-refractivity contribution < 1.29 is 4.74 Å². The third-order valence-electron chi connectivity index (χ3n) is 3.63. The van der Waals surface area contributed by atoms with Gasteiger partial charge in [0.15, 0.2) is 0 Å². The van der Waals surface area contributed by atoms with Gasteiger partial charge in [0.2, 0.25) is 0 Å². The van der Waals surface area contributed by atoms with Gasteiger partial charge in [-0.15, -0.1) is 0 Å². The van der Waals surface area contributed by atoms with Crippen LogP contribution in [0.15, 0.2) is 18.2 Å². The van der Waals surface area contributed by atoms with E-state index in [2.05, 4.69) is 56.0 Å². The molecule has 0 radical (unpaired) electrons. The summed E-state index contributed by atoms with van der Waals surface area (Å²) in [6.45, 7) is 7.79. The first-order valence-electron chi connectivity index (χ1n) is 7.21. The van der Waals surface area contributed by atoms with Crippen LogP contribution < -0.4 is 10.1 Å². The third kappa shape index (κ3) is 3.46. The van der Waals surface area contributed by atoms with E-state index in [-0.39, 0.29) is 0 Å². The Bertz CT molecular complexity index is 419. The molecule has 0 bridgehead atoms. The molecule has 1 aliphatic carbocycles. The molecule has 0 saturated heterocycles. The van der Waals surface area contributed by atoms with Crippen LogP contribution in [-0.4, -0.2) is 24.2 Å². The fourth-order valence-corrected chi connectivity index (χ4v) is 4.20. The Balaban J connectivity index is 2.26. The minimum atomic E-state index is 0.479. The lowest BCUT2D eigenvalue weighted by atomic mass is 9.87. The molecule has 0 saturated carbocycles. The molecule has 2 atom stereocenters. The van der Waals surface area contributed by atoms with Crippen molar-refractivity contribution in [3.63, 3.8) is 0 Å². The van der Waals surface area contributed by atoms with Crippen LogP contribution in [0.25, 0.3) is 0 Å². The molecular formula is C16H25NOS. The number of hydrogen-bond donors (Lipinski definition) is 1. The van der Waals surface area contributed by atoms with Crippen LogP contribution in [0.2, 0.25) is 0 Å². The molecule has 19 heavy (non-hydrogen) atoms. The van der Waals surface area contributed by atoms with Crippen LogP contribution in [0.5, 0.6) is 5.75 Å². The molecule has 106 valence electrons. The smallest absolute Gasteiger partial charge is 0.119 e. The van der Waals surface area contributed by atoms with Crippen molar-refractivity contribution in [2.75, 3.05) is 13.7 Å². The van der Waals surface area contributed by atoms with Crippen LogP contribution in [0.1, 0.15) is 44.4 Å². The van der Waals surface area contributed by atoms with E-state index in [4.69, 9.17) is 4.74 Å². The standard InChI is InChI=1S/C16H25NOS/c1-5-17-16-14-8-7-13(18-4)10-12(14)6-9-15(16)19-11(2)3/h7-8,10-11,15-17H,5-6,9H2,1-4H3. The Labute approximate surface area is 121 Å². The summed E-state index contributed by atoms with van der Waals surface area (Å²) in [7, 11) is 1.74. The van der Waals surface area contributed by atoms with Crippen LogP contribution in [0.3, 0.4) is 0 Å². The Hall–Kier alpha value is -0.670. The molecule has 0 heterocycles. The molecule has 0 aromatic heterocycles. The SMILES string of the molecule is CCNC1c2ccc(OC)cc2CCC1SC(C)C. The minimum Gasteiger partial charge on any atom is -0.497 e. The van der Waals surface area contributed by atoms with E-state index < -0.39 is 0 Å². The van der Waals surface area contributed by atoms with Gasteiger partial charge in [0.25, 0.3) is 0 Å². The van der Waals surface area contributed by atoms with E-state index >= 15 is 0 Å². The zero-order valence-corrected chi connectivity index (χ0v) is 13.2. The van der Waals surface area contributed by atoms with Crippen molar-refractivity contribution in [1.29, 1.82) is 0 Å². The van der Waals surface area contributed by atoms with Crippen molar-refractivity contribution in [2.24, 2.45) is 0 Å². The largest absolute Gasteiger partial charge is 0.497 e. The predicted molar refractivity (Wildman–Crippen MR) is 84.2 cm³/mol. The van der Waals surface area contributed by atoms with Gasteiger partial charge >= 0.3 is 0 Å². The molecule has 1 aromatic rings. The number of aryl methyl sites for hydroxylation is 1. The number of nitrogens with one attached hydrogen (secondary N) is 1. The molecule has 0 fully saturated rings. The van der Waals surface area contributed by atoms with Crippen LogP contribution in [0, 0.1) is 0 Å². The quantitative estimate of drug-likeness (QED) is 0.886. The molecule has 1 N–H and O–H groups in total. The monoisotopic (exact) mass is 279 g/mol. The van der Waals surface area contributed by atoms with Crippen LogP contribution in [0.4, 0.5) is 0 Å². The summed E-state index contributed by atoms with van der Waals surface area (Å²) >= 11 is 2.10. The lowest BCUT2D eigenvalue weighted by Crippen LogP contribution is -2.35. The van der Waals surface area contributed by atoms with Gasteiger partial charge in [0, 0.05) is 11.3 Å². The van der Waals surface area contributed by atoms with Gasteiger partial charge in [0.1, 0.15) is 5.75 Å². The predicted octanol–water partition coefficient (Wildman–Crippen LogP) is 3.80. The van der Waals surface area contributed by atoms with Gasteiger partial charge in [-0.2, -0.15) is 11.8 Å². The zero-order valence-electron chi connectivity index (χ0n) is 12.4. The summed E-state index contributed by atoms with van der Waals surface area (Å²) in [5.41, 5.74) is 2.91. The summed E-state index contributed by atoms with van der Waals surface area (Å²) in [4.78, 5) is 0. The number of methoxy groups -OCH3 is 1. The summed E-state index contributed by atoms with van der Waals surface area (Å²) < 4.78 is 5.34. The Morgan fingerprint density at radius 1 is 1.42 bits per heavy atom. The number of thioether (sulfide) groups is 1. The van der Waals surface area contributed by atoms with Gasteiger partial charge in [-0.3, -0.25) is 0 Å². The topological polar surface area (TPSA) is 21.3 Å². The lowest BCUT2D eigenvalue weighted by molar-refractivity contribution is 0.411. The maximum atomic E-state index is 5.34. The van der Waals surface area contributed by atoms with Gasteiger partial charge in [-0.25, -0.2) is 0 Å². The molecule has 0 amide bonds. The molecule has 0 aliphatic heterocycles. The summed E-state index contributed by atoms with van der Waals surface area (Å²) in [5, 5.41) is 5.04. The normalized spacial score (nSPS) is 22.4. The number of fused-ring (bicyclic) bond motifs is 1. The van der Waals surface area contributed by atoms with E-state index in [1.165, 1.54) is 24.0 Å². The summed E-state index contributed by atoms with van der Waals surface area (Å²) in [6.07, 6.45) is 2.42. The first kappa shape index (κ1) is 14.7. The number of ether oxygens (including phenoxy) is 1. The third-order valence-corrected chi connectivity index (χ3v) is 5.03. The number of benzene rings is 1. The minimum absolute atomic E-state index is 0.479. The highest BCUT2D eigenvalue weighted by Gasteiger charge is 2.30. The van der Waals surface area contributed by atoms with Gasteiger partial charge in [-0.1, -0.05) is 26.8 Å². The fourth-order valence-electron chi connectivity index (χ4n) is 2.85. The molecule has 2 unspecified atom stereocenters. The Morgan fingerprint density at radius 2 is 2.21 bits per heavy atom. The maximum absolute atomic E-state index is 5.34. The fraction of sp³-hybridized carbons (Fsp3) is 0.625. The highest BCUT2D eigenvalue weighted by atomic mass is 32.2. The van der Waals surface area contributed by atoms with Crippen molar-refractivity contribution >= 4 is 11.8 Å². The molecule has 2 nitrogen and oxygen atoms in total. The van der Waals surface area contributed by atoms with Crippen LogP contribution >= 0.6 is 11.8 Å². The van der Waals surface area contributed by atoms with Gasteiger partial charge in [0.05, 0.1) is 7.11 Å². The maximum Gasteiger partial charge on any atom is 0.119 e.